The average Bonchev–Trinajstić information content (AvgIpc) is 3.36. The maximum atomic E-state index is 4.65. The van der Waals surface area contributed by atoms with Gasteiger partial charge in [-0.3, -0.25) is 0 Å². The number of hydrogen-bond acceptors (Lipinski definition) is 4. The fourth-order valence-corrected chi connectivity index (χ4v) is 2.19. The van der Waals surface area contributed by atoms with Gasteiger partial charge in [-0.1, -0.05) is 30.3 Å². The van der Waals surface area contributed by atoms with Crippen LogP contribution in [0.2, 0.25) is 0 Å². The topological polar surface area (TPSA) is 49.8 Å². The van der Waals surface area contributed by atoms with Crippen molar-refractivity contribution in [2.75, 3.05) is 10.6 Å². The van der Waals surface area contributed by atoms with E-state index in [9.17, 15) is 0 Å². The Morgan fingerprint density at radius 3 is 1.85 bits per heavy atom. The minimum atomic E-state index is 0.599. The van der Waals surface area contributed by atoms with Crippen molar-refractivity contribution in [2.45, 2.75) is 37.8 Å². The van der Waals surface area contributed by atoms with E-state index in [0.717, 1.165) is 23.0 Å². The molecular formula is C16H18N4. The van der Waals surface area contributed by atoms with Crippen LogP contribution in [0.4, 0.5) is 11.6 Å². The lowest BCUT2D eigenvalue weighted by atomic mass is 10.2. The molecule has 2 aliphatic rings. The van der Waals surface area contributed by atoms with Gasteiger partial charge in [0.05, 0.1) is 0 Å². The number of benzene rings is 1. The molecule has 0 spiro atoms. The fourth-order valence-electron chi connectivity index (χ4n) is 2.19. The molecule has 0 amide bonds. The van der Waals surface area contributed by atoms with Crippen LogP contribution < -0.4 is 10.6 Å². The van der Waals surface area contributed by atoms with E-state index in [-0.39, 0.29) is 0 Å². The quantitative estimate of drug-likeness (QED) is 0.872. The van der Waals surface area contributed by atoms with Crippen LogP contribution in [0.25, 0.3) is 11.4 Å². The summed E-state index contributed by atoms with van der Waals surface area (Å²) in [4.78, 5) is 9.30. The van der Waals surface area contributed by atoms with Crippen molar-refractivity contribution >= 4 is 11.6 Å². The van der Waals surface area contributed by atoms with Gasteiger partial charge in [0.2, 0.25) is 0 Å². The first-order chi connectivity index (χ1) is 9.87. The van der Waals surface area contributed by atoms with Crippen LogP contribution in [0.1, 0.15) is 25.7 Å². The average molecular weight is 266 g/mol. The van der Waals surface area contributed by atoms with Crippen LogP contribution in [0.15, 0.2) is 36.4 Å². The van der Waals surface area contributed by atoms with E-state index in [4.69, 9.17) is 0 Å². The van der Waals surface area contributed by atoms with Gasteiger partial charge in [0.25, 0.3) is 0 Å². The van der Waals surface area contributed by atoms with Gasteiger partial charge in [0, 0.05) is 23.7 Å². The summed E-state index contributed by atoms with van der Waals surface area (Å²) >= 11 is 0. The monoisotopic (exact) mass is 266 g/mol. The summed E-state index contributed by atoms with van der Waals surface area (Å²) in [6.07, 6.45) is 4.98. The minimum Gasteiger partial charge on any atom is -0.367 e. The van der Waals surface area contributed by atoms with Crippen LogP contribution in [0.5, 0.6) is 0 Å². The Morgan fingerprint density at radius 2 is 1.35 bits per heavy atom. The molecular weight excluding hydrogens is 248 g/mol. The summed E-state index contributed by atoms with van der Waals surface area (Å²) in [5.74, 6) is 2.66. The second kappa shape index (κ2) is 4.78. The highest BCUT2D eigenvalue weighted by Crippen LogP contribution is 2.29. The zero-order valence-electron chi connectivity index (χ0n) is 11.3. The molecule has 2 N–H and O–H groups in total. The largest absolute Gasteiger partial charge is 0.367 e. The van der Waals surface area contributed by atoms with Crippen LogP contribution in [0, 0.1) is 0 Å². The van der Waals surface area contributed by atoms with Gasteiger partial charge in [-0.2, -0.15) is 0 Å². The number of nitrogens with zero attached hydrogens (tertiary/aromatic N) is 2. The Balaban J connectivity index is 1.67. The van der Waals surface area contributed by atoms with Gasteiger partial charge < -0.3 is 10.6 Å². The lowest BCUT2D eigenvalue weighted by Crippen LogP contribution is -2.09. The summed E-state index contributed by atoms with van der Waals surface area (Å²) in [6.45, 7) is 0. The standard InChI is InChI=1S/C16H18N4/c1-2-4-11(5-3-1)16-19-14(17-12-6-7-12)10-15(20-16)18-13-8-9-13/h1-5,10,12-13H,6-9H2,(H2,17,18,19,20). The molecule has 0 radical (unpaired) electrons. The third kappa shape index (κ3) is 2.74. The van der Waals surface area contributed by atoms with E-state index in [0.29, 0.717) is 12.1 Å². The highest BCUT2D eigenvalue weighted by atomic mass is 15.1. The second-order valence-electron chi connectivity index (χ2n) is 5.67. The molecule has 1 aromatic heterocycles. The van der Waals surface area contributed by atoms with Gasteiger partial charge in [0.1, 0.15) is 11.6 Å². The SMILES string of the molecule is c1ccc(-c2nc(NC3CC3)cc(NC3CC3)n2)cc1. The van der Waals surface area contributed by atoms with E-state index in [1.165, 1.54) is 25.7 Å². The summed E-state index contributed by atoms with van der Waals surface area (Å²) in [5, 5.41) is 6.94. The Kier molecular flexibility index (Phi) is 2.80. The van der Waals surface area contributed by atoms with Crippen molar-refractivity contribution in [3.05, 3.63) is 36.4 Å². The third-order valence-corrected chi connectivity index (χ3v) is 3.62. The summed E-state index contributed by atoms with van der Waals surface area (Å²) in [6, 6.07) is 13.4. The van der Waals surface area contributed by atoms with Crippen molar-refractivity contribution in [2.24, 2.45) is 0 Å². The third-order valence-electron chi connectivity index (χ3n) is 3.62. The summed E-state index contributed by atoms with van der Waals surface area (Å²) in [7, 11) is 0. The molecule has 2 aromatic rings. The van der Waals surface area contributed by atoms with Gasteiger partial charge in [-0.05, 0) is 25.7 Å². The van der Waals surface area contributed by atoms with E-state index in [1.807, 2.05) is 24.3 Å². The number of nitrogens with one attached hydrogen (secondary N) is 2. The molecule has 1 heterocycles. The second-order valence-corrected chi connectivity index (χ2v) is 5.67. The molecule has 0 aliphatic heterocycles. The Labute approximate surface area is 118 Å². The number of hydrogen-bond donors (Lipinski definition) is 2. The van der Waals surface area contributed by atoms with Gasteiger partial charge in [-0.15, -0.1) is 0 Å². The zero-order valence-corrected chi connectivity index (χ0v) is 11.3. The summed E-state index contributed by atoms with van der Waals surface area (Å²) in [5.41, 5.74) is 1.06. The molecule has 0 atom stereocenters. The van der Waals surface area contributed by atoms with Crippen molar-refractivity contribution in [3.8, 4) is 11.4 Å². The van der Waals surface area contributed by atoms with Crippen LogP contribution in [-0.4, -0.2) is 22.1 Å². The number of aromatic nitrogens is 2. The van der Waals surface area contributed by atoms with E-state index in [2.05, 4.69) is 32.7 Å². The molecule has 4 rings (SSSR count). The molecule has 2 saturated carbocycles. The van der Waals surface area contributed by atoms with Gasteiger partial charge >= 0.3 is 0 Å². The van der Waals surface area contributed by atoms with Crippen LogP contribution in [-0.2, 0) is 0 Å². The molecule has 0 saturated heterocycles. The zero-order chi connectivity index (χ0) is 13.4. The highest BCUT2D eigenvalue weighted by molar-refractivity contribution is 5.61. The maximum absolute atomic E-state index is 4.65. The highest BCUT2D eigenvalue weighted by Gasteiger charge is 2.24. The first-order valence-electron chi connectivity index (χ1n) is 7.34. The normalized spacial score (nSPS) is 17.8. The molecule has 4 nitrogen and oxygen atoms in total. The Hall–Kier alpha value is -2.10. The van der Waals surface area contributed by atoms with Crippen molar-refractivity contribution in [1.82, 2.24) is 9.97 Å². The Bertz CT molecular complexity index is 571. The smallest absolute Gasteiger partial charge is 0.163 e. The molecule has 102 valence electrons. The van der Waals surface area contributed by atoms with Crippen LogP contribution >= 0.6 is 0 Å². The number of rotatable bonds is 5. The van der Waals surface area contributed by atoms with Crippen molar-refractivity contribution in [1.29, 1.82) is 0 Å². The van der Waals surface area contributed by atoms with Gasteiger partial charge in [-0.25, -0.2) is 9.97 Å². The summed E-state index contributed by atoms with van der Waals surface area (Å²) < 4.78 is 0. The first kappa shape index (κ1) is 11.7. The van der Waals surface area contributed by atoms with E-state index >= 15 is 0 Å². The Morgan fingerprint density at radius 1 is 0.800 bits per heavy atom. The van der Waals surface area contributed by atoms with Crippen LogP contribution in [0.3, 0.4) is 0 Å². The minimum absolute atomic E-state index is 0.599. The maximum Gasteiger partial charge on any atom is 0.163 e. The molecule has 0 bridgehead atoms. The first-order valence-corrected chi connectivity index (χ1v) is 7.34. The molecule has 4 heteroatoms. The molecule has 20 heavy (non-hydrogen) atoms. The molecule has 0 unspecified atom stereocenters. The van der Waals surface area contributed by atoms with Crippen molar-refractivity contribution in [3.63, 3.8) is 0 Å². The van der Waals surface area contributed by atoms with E-state index < -0.39 is 0 Å². The van der Waals surface area contributed by atoms with E-state index in [1.54, 1.807) is 0 Å². The fraction of sp³-hybridized carbons (Fsp3) is 0.375. The molecule has 2 fully saturated rings. The van der Waals surface area contributed by atoms with Crippen molar-refractivity contribution < 1.29 is 0 Å². The lowest BCUT2D eigenvalue weighted by Gasteiger charge is -2.10. The molecule has 1 aromatic carbocycles. The predicted molar refractivity (Wildman–Crippen MR) is 80.8 cm³/mol. The molecule has 2 aliphatic carbocycles. The predicted octanol–water partition coefficient (Wildman–Crippen LogP) is 3.29. The van der Waals surface area contributed by atoms with Gasteiger partial charge in [0.15, 0.2) is 5.82 Å². The number of anilines is 2. The lowest BCUT2D eigenvalue weighted by molar-refractivity contribution is 1.06.